The van der Waals surface area contributed by atoms with Crippen molar-refractivity contribution in [3.63, 3.8) is 0 Å². The summed E-state index contributed by atoms with van der Waals surface area (Å²) in [5, 5.41) is 8.91. The quantitative estimate of drug-likeness (QED) is 0.560. The molecule has 0 bridgehead atoms. The number of hydroxylamine groups is 1. The van der Waals surface area contributed by atoms with Crippen molar-refractivity contribution in [1.82, 2.24) is 5.48 Å². The van der Waals surface area contributed by atoms with Gasteiger partial charge in [0.15, 0.2) is 0 Å². The number of rotatable bonds is 8. The lowest BCUT2D eigenvalue weighted by atomic mass is 9.83. The van der Waals surface area contributed by atoms with E-state index in [4.69, 9.17) is 5.21 Å². The molecule has 0 aliphatic carbocycles. The Hall–Kier alpha value is -1.35. The Labute approximate surface area is 122 Å². The van der Waals surface area contributed by atoms with Gasteiger partial charge in [0.25, 0.3) is 0 Å². The van der Waals surface area contributed by atoms with Crippen LogP contribution in [0.15, 0.2) is 30.3 Å². The Balaban J connectivity index is 2.50. The van der Waals surface area contributed by atoms with Crippen LogP contribution in [-0.4, -0.2) is 11.1 Å². The van der Waals surface area contributed by atoms with Gasteiger partial charge >= 0.3 is 0 Å². The topological polar surface area (TPSA) is 49.3 Å². The molecule has 3 heteroatoms. The molecule has 1 aromatic carbocycles. The van der Waals surface area contributed by atoms with E-state index in [1.165, 1.54) is 5.56 Å². The van der Waals surface area contributed by atoms with E-state index in [-0.39, 0.29) is 17.7 Å². The molecule has 0 saturated carbocycles. The summed E-state index contributed by atoms with van der Waals surface area (Å²) in [6, 6.07) is 10.3. The molecule has 0 aliphatic rings. The van der Waals surface area contributed by atoms with Crippen molar-refractivity contribution < 1.29 is 10.0 Å². The summed E-state index contributed by atoms with van der Waals surface area (Å²) in [6.45, 7) is 6.42. The van der Waals surface area contributed by atoms with Crippen molar-refractivity contribution in [2.45, 2.75) is 46.5 Å². The lowest BCUT2D eigenvalue weighted by molar-refractivity contribution is -0.135. The molecule has 3 nitrogen and oxygen atoms in total. The molecule has 1 aromatic rings. The van der Waals surface area contributed by atoms with Crippen LogP contribution in [0.3, 0.4) is 0 Å². The maximum atomic E-state index is 11.8. The number of amides is 1. The van der Waals surface area contributed by atoms with Crippen LogP contribution in [0.25, 0.3) is 0 Å². The van der Waals surface area contributed by atoms with E-state index in [2.05, 4.69) is 32.9 Å². The van der Waals surface area contributed by atoms with E-state index < -0.39 is 0 Å². The zero-order valence-electron chi connectivity index (χ0n) is 12.8. The standard InChI is InChI=1S/C17H27NO2/c1-13(2)12-14(3)16(17(19)18-20)11-7-10-15-8-5-4-6-9-15/h4-6,8-9,13-14,16,20H,7,10-12H2,1-3H3,(H,18,19)/t14-,16+/m1/s1. The Kier molecular flexibility index (Phi) is 7.31. The highest BCUT2D eigenvalue weighted by atomic mass is 16.5. The number of carbonyl (C=O) groups is 1. The van der Waals surface area contributed by atoms with Gasteiger partial charge in [-0.1, -0.05) is 51.1 Å². The minimum Gasteiger partial charge on any atom is -0.289 e. The van der Waals surface area contributed by atoms with Gasteiger partial charge in [0.05, 0.1) is 0 Å². The van der Waals surface area contributed by atoms with Gasteiger partial charge in [-0.3, -0.25) is 10.0 Å². The molecule has 0 aliphatic heterocycles. The van der Waals surface area contributed by atoms with Crippen molar-refractivity contribution in [1.29, 1.82) is 0 Å². The van der Waals surface area contributed by atoms with Crippen LogP contribution < -0.4 is 5.48 Å². The summed E-state index contributed by atoms with van der Waals surface area (Å²) in [7, 11) is 0. The molecule has 0 aromatic heterocycles. The van der Waals surface area contributed by atoms with Crippen molar-refractivity contribution in [3.8, 4) is 0 Å². The van der Waals surface area contributed by atoms with Gasteiger partial charge in [-0.05, 0) is 43.1 Å². The fourth-order valence-corrected chi connectivity index (χ4v) is 2.84. The highest BCUT2D eigenvalue weighted by Gasteiger charge is 2.24. The normalized spacial score (nSPS) is 14.1. The highest BCUT2D eigenvalue weighted by molar-refractivity contribution is 5.77. The van der Waals surface area contributed by atoms with Crippen LogP contribution in [-0.2, 0) is 11.2 Å². The molecule has 0 spiro atoms. The van der Waals surface area contributed by atoms with Crippen LogP contribution in [0.4, 0.5) is 0 Å². The first kappa shape index (κ1) is 16.7. The minimum absolute atomic E-state index is 0.105. The fraction of sp³-hybridized carbons (Fsp3) is 0.588. The summed E-state index contributed by atoms with van der Waals surface area (Å²) in [5.74, 6) is 0.503. The second-order valence-corrected chi connectivity index (χ2v) is 6.07. The number of benzene rings is 1. The first-order valence-electron chi connectivity index (χ1n) is 7.52. The van der Waals surface area contributed by atoms with Gasteiger partial charge in [0.1, 0.15) is 0 Å². The predicted octanol–water partition coefficient (Wildman–Crippen LogP) is 3.81. The maximum absolute atomic E-state index is 11.8. The molecule has 0 saturated heterocycles. The molecule has 112 valence electrons. The van der Waals surface area contributed by atoms with E-state index in [0.29, 0.717) is 5.92 Å². The van der Waals surface area contributed by atoms with E-state index >= 15 is 0 Å². The molecule has 20 heavy (non-hydrogen) atoms. The second-order valence-electron chi connectivity index (χ2n) is 6.07. The van der Waals surface area contributed by atoms with Crippen LogP contribution in [0, 0.1) is 17.8 Å². The number of hydrogen-bond acceptors (Lipinski definition) is 2. The second kappa shape index (κ2) is 8.75. The summed E-state index contributed by atoms with van der Waals surface area (Å²) >= 11 is 0. The van der Waals surface area contributed by atoms with Gasteiger partial charge in [0, 0.05) is 5.92 Å². The largest absolute Gasteiger partial charge is 0.289 e. The van der Waals surface area contributed by atoms with Crippen LogP contribution in [0.5, 0.6) is 0 Å². The zero-order chi connectivity index (χ0) is 15.0. The molecule has 1 rings (SSSR count). The average Bonchev–Trinajstić information content (AvgIpc) is 2.43. The predicted molar refractivity (Wildman–Crippen MR) is 81.4 cm³/mol. The van der Waals surface area contributed by atoms with Crippen LogP contribution in [0.1, 0.15) is 45.6 Å². The van der Waals surface area contributed by atoms with Gasteiger partial charge in [-0.2, -0.15) is 0 Å². The number of aryl methyl sites for hydroxylation is 1. The molecule has 0 heterocycles. The minimum atomic E-state index is -0.244. The smallest absolute Gasteiger partial charge is 0.246 e. The number of hydrogen-bond donors (Lipinski definition) is 2. The van der Waals surface area contributed by atoms with E-state index in [0.717, 1.165) is 25.7 Å². The summed E-state index contributed by atoms with van der Waals surface area (Å²) < 4.78 is 0. The molecular formula is C17H27NO2. The van der Waals surface area contributed by atoms with E-state index in [1.807, 2.05) is 23.7 Å². The fourth-order valence-electron chi connectivity index (χ4n) is 2.84. The summed E-state index contributed by atoms with van der Waals surface area (Å²) in [5.41, 5.74) is 3.13. The van der Waals surface area contributed by atoms with E-state index in [1.54, 1.807) is 0 Å². The average molecular weight is 277 g/mol. The number of carbonyl (C=O) groups excluding carboxylic acids is 1. The Bertz CT molecular complexity index is 389. The lowest BCUT2D eigenvalue weighted by Gasteiger charge is -2.23. The molecule has 2 N–H and O–H groups in total. The van der Waals surface area contributed by atoms with Crippen molar-refractivity contribution >= 4 is 5.91 Å². The molecular weight excluding hydrogens is 250 g/mol. The van der Waals surface area contributed by atoms with Crippen molar-refractivity contribution in [2.75, 3.05) is 0 Å². The van der Waals surface area contributed by atoms with E-state index in [9.17, 15) is 4.79 Å². The molecule has 1 amide bonds. The zero-order valence-corrected chi connectivity index (χ0v) is 12.8. The lowest BCUT2D eigenvalue weighted by Crippen LogP contribution is -2.32. The third kappa shape index (κ3) is 5.74. The summed E-state index contributed by atoms with van der Waals surface area (Å²) in [6.07, 6.45) is 3.76. The maximum Gasteiger partial charge on any atom is 0.246 e. The Morgan fingerprint density at radius 3 is 2.40 bits per heavy atom. The third-order valence-corrected chi connectivity index (χ3v) is 3.80. The van der Waals surface area contributed by atoms with Crippen molar-refractivity contribution in [3.05, 3.63) is 35.9 Å². The molecule has 0 fully saturated rings. The van der Waals surface area contributed by atoms with Gasteiger partial charge in [-0.25, -0.2) is 5.48 Å². The SMILES string of the molecule is CC(C)C[C@@H](C)[C@H](CCCc1ccccc1)C(=O)NO. The van der Waals surface area contributed by atoms with Gasteiger partial charge in [-0.15, -0.1) is 0 Å². The molecule has 0 unspecified atom stereocenters. The molecule has 0 radical (unpaired) electrons. The highest BCUT2D eigenvalue weighted by Crippen LogP contribution is 2.25. The molecule has 2 atom stereocenters. The Morgan fingerprint density at radius 1 is 1.20 bits per heavy atom. The summed E-state index contributed by atoms with van der Waals surface area (Å²) in [4.78, 5) is 11.8. The monoisotopic (exact) mass is 277 g/mol. The third-order valence-electron chi connectivity index (χ3n) is 3.80. The first-order valence-corrected chi connectivity index (χ1v) is 7.52. The van der Waals surface area contributed by atoms with Crippen LogP contribution in [0.2, 0.25) is 0 Å². The number of nitrogens with one attached hydrogen (secondary N) is 1. The Morgan fingerprint density at radius 2 is 1.85 bits per heavy atom. The first-order chi connectivity index (χ1) is 9.54. The van der Waals surface area contributed by atoms with Gasteiger partial charge in [0.2, 0.25) is 5.91 Å². The van der Waals surface area contributed by atoms with Gasteiger partial charge < -0.3 is 0 Å². The van der Waals surface area contributed by atoms with Crippen molar-refractivity contribution in [2.24, 2.45) is 17.8 Å². The van der Waals surface area contributed by atoms with Crippen LogP contribution >= 0.6 is 0 Å².